The summed E-state index contributed by atoms with van der Waals surface area (Å²) >= 11 is 1.66. The fourth-order valence-corrected chi connectivity index (χ4v) is 4.58. The highest BCUT2D eigenvalue weighted by molar-refractivity contribution is 7.09. The monoisotopic (exact) mass is 395 g/mol. The van der Waals surface area contributed by atoms with Gasteiger partial charge in [0.1, 0.15) is 11.1 Å². The van der Waals surface area contributed by atoms with Crippen LogP contribution in [0.4, 0.5) is 0 Å². The fourth-order valence-electron chi connectivity index (χ4n) is 3.74. The number of thiazole rings is 1. The Bertz CT molecular complexity index is 581. The molecule has 2 rings (SSSR count). The minimum atomic E-state index is 0.0466. The van der Waals surface area contributed by atoms with Crippen LogP contribution in [0.1, 0.15) is 50.9 Å². The third kappa shape index (κ3) is 7.05. The van der Waals surface area contributed by atoms with E-state index in [1.54, 1.807) is 18.4 Å². The van der Waals surface area contributed by atoms with Crippen molar-refractivity contribution in [2.45, 2.75) is 46.8 Å². The van der Waals surface area contributed by atoms with Crippen molar-refractivity contribution in [3.05, 3.63) is 16.1 Å². The Morgan fingerprint density at radius 1 is 1.44 bits per heavy atom. The number of methoxy groups -OCH3 is 1. The van der Waals surface area contributed by atoms with Gasteiger partial charge in [-0.15, -0.1) is 11.3 Å². The lowest BCUT2D eigenvalue weighted by Gasteiger charge is -2.34. The molecule has 1 aromatic heterocycles. The predicted octanol–water partition coefficient (Wildman–Crippen LogP) is 3.23. The highest BCUT2D eigenvalue weighted by atomic mass is 32.1. The van der Waals surface area contributed by atoms with E-state index in [2.05, 4.69) is 48.3 Å². The lowest BCUT2D eigenvalue weighted by atomic mass is 9.92. The number of hydrogen-bond donors (Lipinski definition) is 1. The Morgan fingerprint density at radius 3 is 2.78 bits per heavy atom. The maximum Gasteiger partial charge on any atom is 0.194 e. The standard InChI is InChI=1S/C20H37N5OS/c1-7-21-20(22-8-9-25-11-15(2)10-16(3)12-25)24(5)13-18-14-27-19(23-18)17(4)26-6/h14-17H,7-13H2,1-6H3,(H,21,22). The van der Waals surface area contributed by atoms with E-state index in [0.717, 1.165) is 54.7 Å². The lowest BCUT2D eigenvalue weighted by molar-refractivity contribution is 0.119. The molecule has 27 heavy (non-hydrogen) atoms. The number of rotatable bonds is 8. The number of ether oxygens (including phenoxy) is 1. The molecule has 6 nitrogen and oxygen atoms in total. The largest absolute Gasteiger partial charge is 0.375 e. The second-order valence-electron chi connectivity index (χ2n) is 7.85. The zero-order valence-electron chi connectivity index (χ0n) is 17.9. The lowest BCUT2D eigenvalue weighted by Crippen LogP contribution is -2.41. The number of piperidine rings is 1. The third-order valence-electron chi connectivity index (χ3n) is 4.99. The van der Waals surface area contributed by atoms with Crippen LogP contribution in [-0.2, 0) is 11.3 Å². The molecular formula is C20H37N5OS. The summed E-state index contributed by atoms with van der Waals surface area (Å²) < 4.78 is 5.36. The number of aromatic nitrogens is 1. The van der Waals surface area contributed by atoms with E-state index in [0.29, 0.717) is 0 Å². The quantitative estimate of drug-likeness (QED) is 0.541. The number of likely N-dealkylation sites (tertiary alicyclic amines) is 1. The van der Waals surface area contributed by atoms with Crippen molar-refractivity contribution in [2.75, 3.05) is 46.9 Å². The summed E-state index contributed by atoms with van der Waals surface area (Å²) in [6.07, 6.45) is 1.40. The first-order valence-corrected chi connectivity index (χ1v) is 11.0. The zero-order chi connectivity index (χ0) is 19.8. The predicted molar refractivity (Wildman–Crippen MR) is 114 cm³/mol. The molecule has 1 aliphatic rings. The molecule has 1 saturated heterocycles. The van der Waals surface area contributed by atoms with Gasteiger partial charge >= 0.3 is 0 Å². The Hall–Kier alpha value is -1.18. The van der Waals surface area contributed by atoms with Crippen LogP contribution < -0.4 is 5.32 Å². The summed E-state index contributed by atoms with van der Waals surface area (Å²) in [5.74, 6) is 2.54. The second-order valence-corrected chi connectivity index (χ2v) is 8.74. The van der Waals surface area contributed by atoms with E-state index in [4.69, 9.17) is 14.7 Å². The molecule has 1 fully saturated rings. The third-order valence-corrected chi connectivity index (χ3v) is 6.04. The maximum atomic E-state index is 5.36. The van der Waals surface area contributed by atoms with Gasteiger partial charge in [-0.1, -0.05) is 13.8 Å². The number of nitrogens with one attached hydrogen (secondary N) is 1. The molecule has 0 saturated carbocycles. The SMILES string of the molecule is CCNC(=NCCN1CC(C)CC(C)C1)N(C)Cc1csc(C(C)OC)n1. The van der Waals surface area contributed by atoms with E-state index in [9.17, 15) is 0 Å². The molecule has 0 radical (unpaired) electrons. The molecule has 154 valence electrons. The molecule has 1 aromatic rings. The van der Waals surface area contributed by atoms with Gasteiger partial charge in [-0.05, 0) is 32.1 Å². The molecule has 0 amide bonds. The first kappa shape index (κ1) is 22.1. The highest BCUT2D eigenvalue weighted by Gasteiger charge is 2.21. The van der Waals surface area contributed by atoms with Gasteiger partial charge < -0.3 is 19.9 Å². The van der Waals surface area contributed by atoms with Gasteiger partial charge in [0.25, 0.3) is 0 Å². The van der Waals surface area contributed by atoms with E-state index in [1.165, 1.54) is 19.5 Å². The Morgan fingerprint density at radius 2 is 2.15 bits per heavy atom. The highest BCUT2D eigenvalue weighted by Crippen LogP contribution is 2.21. The number of aliphatic imine (C=N–C) groups is 1. The Kier molecular flexibility index (Phi) is 8.99. The summed E-state index contributed by atoms with van der Waals surface area (Å²) in [7, 11) is 3.79. The summed E-state index contributed by atoms with van der Waals surface area (Å²) in [6.45, 7) is 14.7. The van der Waals surface area contributed by atoms with Gasteiger partial charge in [-0.2, -0.15) is 0 Å². The average molecular weight is 396 g/mol. The van der Waals surface area contributed by atoms with Gasteiger partial charge in [-0.25, -0.2) is 4.98 Å². The van der Waals surface area contributed by atoms with Crippen LogP contribution in [0.5, 0.6) is 0 Å². The van der Waals surface area contributed by atoms with Crippen molar-refractivity contribution < 1.29 is 4.74 Å². The topological polar surface area (TPSA) is 53.0 Å². The van der Waals surface area contributed by atoms with Crippen molar-refractivity contribution in [1.29, 1.82) is 0 Å². The van der Waals surface area contributed by atoms with Crippen molar-refractivity contribution in [3.8, 4) is 0 Å². The van der Waals surface area contributed by atoms with Gasteiger partial charge in [0.2, 0.25) is 0 Å². The average Bonchev–Trinajstić information content (AvgIpc) is 3.08. The van der Waals surface area contributed by atoms with Gasteiger partial charge in [0, 0.05) is 45.7 Å². The molecule has 0 aromatic carbocycles. The minimum absolute atomic E-state index is 0.0466. The molecule has 7 heteroatoms. The summed E-state index contributed by atoms with van der Waals surface area (Å²) in [4.78, 5) is 14.3. The first-order chi connectivity index (χ1) is 12.9. The molecule has 0 aliphatic carbocycles. The summed E-state index contributed by atoms with van der Waals surface area (Å²) in [6, 6.07) is 0. The van der Waals surface area contributed by atoms with E-state index < -0.39 is 0 Å². The van der Waals surface area contributed by atoms with Crippen molar-refractivity contribution in [3.63, 3.8) is 0 Å². The molecule has 0 spiro atoms. The van der Waals surface area contributed by atoms with Crippen LogP contribution in [0.15, 0.2) is 10.4 Å². The molecule has 0 bridgehead atoms. The molecule has 3 atom stereocenters. The Balaban J connectivity index is 1.90. The smallest absolute Gasteiger partial charge is 0.194 e. The minimum Gasteiger partial charge on any atom is -0.375 e. The van der Waals surface area contributed by atoms with Gasteiger partial charge in [0.05, 0.1) is 18.8 Å². The van der Waals surface area contributed by atoms with Crippen LogP contribution in [0, 0.1) is 11.8 Å². The van der Waals surface area contributed by atoms with Crippen LogP contribution in [0.25, 0.3) is 0 Å². The maximum absolute atomic E-state index is 5.36. The van der Waals surface area contributed by atoms with Crippen LogP contribution in [0.2, 0.25) is 0 Å². The second kappa shape index (κ2) is 11.0. The van der Waals surface area contributed by atoms with Crippen LogP contribution >= 0.6 is 11.3 Å². The van der Waals surface area contributed by atoms with Crippen LogP contribution in [-0.4, -0.2) is 67.6 Å². The molecule has 2 heterocycles. The van der Waals surface area contributed by atoms with E-state index in [-0.39, 0.29) is 6.10 Å². The number of nitrogens with zero attached hydrogens (tertiary/aromatic N) is 4. The molecular weight excluding hydrogens is 358 g/mol. The van der Waals surface area contributed by atoms with Crippen molar-refractivity contribution in [2.24, 2.45) is 16.8 Å². The van der Waals surface area contributed by atoms with E-state index >= 15 is 0 Å². The molecule has 3 unspecified atom stereocenters. The van der Waals surface area contributed by atoms with Crippen LogP contribution in [0.3, 0.4) is 0 Å². The molecule has 1 aliphatic heterocycles. The first-order valence-electron chi connectivity index (χ1n) is 10.1. The van der Waals surface area contributed by atoms with E-state index in [1.807, 2.05) is 6.92 Å². The number of hydrogen-bond acceptors (Lipinski definition) is 5. The zero-order valence-corrected chi connectivity index (χ0v) is 18.7. The molecule has 1 N–H and O–H groups in total. The van der Waals surface area contributed by atoms with Gasteiger partial charge in [-0.3, -0.25) is 4.99 Å². The fraction of sp³-hybridized carbons (Fsp3) is 0.800. The Labute approximate surface area is 169 Å². The normalized spacial score (nSPS) is 22.7. The van der Waals surface area contributed by atoms with Crippen molar-refractivity contribution >= 4 is 17.3 Å². The van der Waals surface area contributed by atoms with Crippen molar-refractivity contribution in [1.82, 2.24) is 20.1 Å². The van der Waals surface area contributed by atoms with Gasteiger partial charge in [0.15, 0.2) is 5.96 Å². The summed E-state index contributed by atoms with van der Waals surface area (Å²) in [5.41, 5.74) is 1.06. The number of guanidine groups is 1. The summed E-state index contributed by atoms with van der Waals surface area (Å²) in [5, 5.41) is 6.54.